The van der Waals surface area contributed by atoms with Crippen LogP contribution in [0.25, 0.3) is 22.5 Å². The first-order chi connectivity index (χ1) is 11.2. The van der Waals surface area contributed by atoms with Gasteiger partial charge in [0, 0.05) is 23.2 Å². The second-order valence-electron chi connectivity index (χ2n) is 5.37. The zero-order valence-electron chi connectivity index (χ0n) is 13.3. The van der Waals surface area contributed by atoms with E-state index in [2.05, 4.69) is 24.2 Å². The van der Waals surface area contributed by atoms with Gasteiger partial charge in [0.1, 0.15) is 11.4 Å². The molecule has 0 aliphatic rings. The maximum Gasteiger partial charge on any atom is 0.173 e. The van der Waals surface area contributed by atoms with Crippen LogP contribution in [0, 0.1) is 0 Å². The minimum absolute atomic E-state index is 0.659. The molecule has 0 N–H and O–H groups in total. The third-order valence-corrected chi connectivity index (χ3v) is 3.87. The van der Waals surface area contributed by atoms with Gasteiger partial charge in [-0.15, -0.1) is 0 Å². The first-order valence-electron chi connectivity index (χ1n) is 7.72. The summed E-state index contributed by atoms with van der Waals surface area (Å²) >= 11 is 6.00. The molecule has 3 aromatic rings. The van der Waals surface area contributed by atoms with Crippen molar-refractivity contribution in [1.29, 1.82) is 0 Å². The highest BCUT2D eigenvalue weighted by Crippen LogP contribution is 2.38. The van der Waals surface area contributed by atoms with Gasteiger partial charge in [-0.2, -0.15) is 5.10 Å². The Kier molecular flexibility index (Phi) is 4.68. The molecule has 0 spiro atoms. The van der Waals surface area contributed by atoms with Gasteiger partial charge in [0.2, 0.25) is 0 Å². The van der Waals surface area contributed by atoms with E-state index in [4.69, 9.17) is 16.3 Å². The maximum absolute atomic E-state index is 6.06. The van der Waals surface area contributed by atoms with Gasteiger partial charge in [0.25, 0.3) is 0 Å². The zero-order chi connectivity index (χ0) is 16.2. The fourth-order valence-electron chi connectivity index (χ4n) is 2.56. The van der Waals surface area contributed by atoms with Gasteiger partial charge in [-0.1, -0.05) is 61.0 Å². The number of ether oxygens (including phenoxy) is 1. The van der Waals surface area contributed by atoms with Gasteiger partial charge in [-0.3, -0.25) is 4.68 Å². The molecule has 0 unspecified atom stereocenters. The molecule has 0 atom stereocenters. The van der Waals surface area contributed by atoms with E-state index in [-0.39, 0.29) is 0 Å². The van der Waals surface area contributed by atoms with Gasteiger partial charge in [-0.25, -0.2) is 0 Å². The lowest BCUT2D eigenvalue weighted by Gasteiger charge is -2.09. The Hall–Kier alpha value is -2.26. The van der Waals surface area contributed by atoms with Crippen LogP contribution in [0.3, 0.4) is 0 Å². The summed E-state index contributed by atoms with van der Waals surface area (Å²) in [5.74, 6) is 0.822. The number of halogens is 1. The number of hydrogen-bond donors (Lipinski definition) is 0. The van der Waals surface area contributed by atoms with Gasteiger partial charge in [0.05, 0.1) is 6.61 Å². The molecule has 0 fully saturated rings. The van der Waals surface area contributed by atoms with Crippen LogP contribution >= 0.6 is 11.6 Å². The second kappa shape index (κ2) is 6.88. The minimum Gasteiger partial charge on any atom is -0.489 e. The molecule has 0 bridgehead atoms. The highest BCUT2D eigenvalue weighted by Gasteiger charge is 2.20. The van der Waals surface area contributed by atoms with E-state index in [9.17, 15) is 0 Å². The maximum atomic E-state index is 6.06. The molecule has 0 amide bonds. The van der Waals surface area contributed by atoms with Crippen molar-refractivity contribution in [2.75, 3.05) is 6.61 Å². The third-order valence-electron chi connectivity index (χ3n) is 3.62. The first kappa shape index (κ1) is 15.6. The van der Waals surface area contributed by atoms with Crippen molar-refractivity contribution < 1.29 is 4.74 Å². The number of benzene rings is 2. The molecular formula is C19H19ClN2O. The topological polar surface area (TPSA) is 27.1 Å². The number of hydrogen-bond acceptors (Lipinski definition) is 2. The van der Waals surface area contributed by atoms with E-state index >= 15 is 0 Å². The van der Waals surface area contributed by atoms with Crippen LogP contribution in [-0.4, -0.2) is 16.4 Å². The molecule has 3 nitrogen and oxygen atoms in total. The predicted molar refractivity (Wildman–Crippen MR) is 94.9 cm³/mol. The Balaban J connectivity index is 2.15. The molecule has 0 saturated carbocycles. The molecule has 0 radical (unpaired) electrons. The lowest BCUT2D eigenvalue weighted by atomic mass is 10.1. The van der Waals surface area contributed by atoms with Crippen molar-refractivity contribution in [2.45, 2.75) is 13.3 Å². The highest BCUT2D eigenvalue weighted by molar-refractivity contribution is 6.30. The van der Waals surface area contributed by atoms with Crippen LogP contribution in [0.1, 0.15) is 13.3 Å². The molecule has 1 heterocycles. The minimum atomic E-state index is 0.659. The summed E-state index contributed by atoms with van der Waals surface area (Å²) < 4.78 is 7.94. The Labute approximate surface area is 141 Å². The van der Waals surface area contributed by atoms with Gasteiger partial charge in [-0.05, 0) is 18.6 Å². The second-order valence-corrected chi connectivity index (χ2v) is 5.81. The number of rotatable bonds is 5. The molecule has 2 aromatic carbocycles. The third kappa shape index (κ3) is 3.25. The van der Waals surface area contributed by atoms with E-state index in [0.717, 1.165) is 34.7 Å². The van der Waals surface area contributed by atoms with E-state index in [1.807, 2.05) is 54.2 Å². The SMILES string of the molecule is CCCOc1c(-c2ccc(Cl)cc2)nn(C)c1-c1ccccc1. The average molecular weight is 327 g/mol. The van der Waals surface area contributed by atoms with Gasteiger partial charge < -0.3 is 4.74 Å². The van der Waals surface area contributed by atoms with E-state index in [1.165, 1.54) is 0 Å². The zero-order valence-corrected chi connectivity index (χ0v) is 14.0. The molecule has 4 heteroatoms. The van der Waals surface area contributed by atoms with Crippen molar-refractivity contribution in [2.24, 2.45) is 7.05 Å². The standard InChI is InChI=1S/C19H19ClN2O/c1-3-13-23-19-17(14-9-11-16(20)12-10-14)21-22(2)18(19)15-7-5-4-6-8-15/h4-12H,3,13H2,1-2H3. The predicted octanol–water partition coefficient (Wildman–Crippen LogP) is 5.20. The Morgan fingerprint density at radius 3 is 2.35 bits per heavy atom. The van der Waals surface area contributed by atoms with Crippen LogP contribution in [0.4, 0.5) is 0 Å². The lowest BCUT2D eigenvalue weighted by molar-refractivity contribution is 0.320. The molecule has 0 saturated heterocycles. The van der Waals surface area contributed by atoms with E-state index < -0.39 is 0 Å². The van der Waals surface area contributed by atoms with Crippen LogP contribution in [0.2, 0.25) is 5.02 Å². The van der Waals surface area contributed by atoms with Gasteiger partial charge in [0.15, 0.2) is 5.75 Å². The van der Waals surface area contributed by atoms with Crippen LogP contribution in [0.15, 0.2) is 54.6 Å². The summed E-state index contributed by atoms with van der Waals surface area (Å²) in [6.07, 6.45) is 0.948. The van der Waals surface area contributed by atoms with E-state index in [0.29, 0.717) is 11.6 Å². The molecule has 118 valence electrons. The highest BCUT2D eigenvalue weighted by atomic mass is 35.5. The Morgan fingerprint density at radius 2 is 1.70 bits per heavy atom. The van der Waals surface area contributed by atoms with Crippen LogP contribution < -0.4 is 4.74 Å². The summed E-state index contributed by atoms with van der Waals surface area (Å²) in [5.41, 5.74) is 3.92. The fourth-order valence-corrected chi connectivity index (χ4v) is 2.68. The molecule has 3 rings (SSSR count). The van der Waals surface area contributed by atoms with Gasteiger partial charge >= 0.3 is 0 Å². The van der Waals surface area contributed by atoms with Crippen molar-refractivity contribution >= 4 is 11.6 Å². The lowest BCUT2D eigenvalue weighted by Crippen LogP contribution is -1.98. The quantitative estimate of drug-likeness (QED) is 0.644. The molecule has 0 aliphatic carbocycles. The summed E-state index contributed by atoms with van der Waals surface area (Å²) in [4.78, 5) is 0. The smallest absolute Gasteiger partial charge is 0.173 e. The summed E-state index contributed by atoms with van der Waals surface area (Å²) in [7, 11) is 1.94. The van der Waals surface area contributed by atoms with Crippen LogP contribution in [0.5, 0.6) is 5.75 Å². The molecule has 0 aliphatic heterocycles. The number of nitrogens with zero attached hydrogens (tertiary/aromatic N) is 2. The van der Waals surface area contributed by atoms with Crippen LogP contribution in [-0.2, 0) is 7.05 Å². The number of aryl methyl sites for hydroxylation is 1. The number of aromatic nitrogens is 2. The van der Waals surface area contributed by atoms with Crippen molar-refractivity contribution in [1.82, 2.24) is 9.78 Å². The molecular weight excluding hydrogens is 308 g/mol. The fraction of sp³-hybridized carbons (Fsp3) is 0.211. The summed E-state index contributed by atoms with van der Waals surface area (Å²) in [6, 6.07) is 17.9. The Morgan fingerprint density at radius 1 is 1.00 bits per heavy atom. The Bertz CT molecular complexity index is 779. The largest absolute Gasteiger partial charge is 0.489 e. The normalized spacial score (nSPS) is 10.7. The monoisotopic (exact) mass is 326 g/mol. The first-order valence-corrected chi connectivity index (χ1v) is 8.09. The van der Waals surface area contributed by atoms with Crippen molar-refractivity contribution in [3.8, 4) is 28.3 Å². The van der Waals surface area contributed by atoms with E-state index in [1.54, 1.807) is 0 Å². The summed E-state index contributed by atoms with van der Waals surface area (Å²) in [5, 5.41) is 5.40. The summed E-state index contributed by atoms with van der Waals surface area (Å²) in [6.45, 7) is 2.76. The molecule has 1 aromatic heterocycles. The molecule has 23 heavy (non-hydrogen) atoms. The van der Waals surface area contributed by atoms with Crippen molar-refractivity contribution in [3.05, 3.63) is 59.6 Å². The average Bonchev–Trinajstić information content (AvgIpc) is 2.90. The van der Waals surface area contributed by atoms with Crippen molar-refractivity contribution in [3.63, 3.8) is 0 Å².